The van der Waals surface area contributed by atoms with Crippen LogP contribution in [0.25, 0.3) is 5.70 Å². The summed E-state index contributed by atoms with van der Waals surface area (Å²) in [4.78, 5) is 4.06. The monoisotopic (exact) mass is 198 g/mol. The maximum atomic E-state index is 4.06. The van der Waals surface area contributed by atoms with Gasteiger partial charge in [0.05, 0.1) is 11.4 Å². The van der Waals surface area contributed by atoms with Gasteiger partial charge in [0.1, 0.15) is 0 Å². The van der Waals surface area contributed by atoms with Crippen molar-refractivity contribution in [1.29, 1.82) is 0 Å². The summed E-state index contributed by atoms with van der Waals surface area (Å²) in [7, 11) is 0. The lowest BCUT2D eigenvalue weighted by molar-refractivity contribution is 1.24. The third kappa shape index (κ3) is 1.57. The van der Waals surface area contributed by atoms with E-state index in [-0.39, 0.29) is 0 Å². The van der Waals surface area contributed by atoms with Crippen molar-refractivity contribution in [2.75, 3.05) is 0 Å². The number of rotatable bonds is 2. The molecule has 52 valence electrons. The fourth-order valence-corrected chi connectivity index (χ4v) is 0.793. The van der Waals surface area contributed by atoms with Crippen LogP contribution in [0.3, 0.4) is 0 Å². The summed E-state index contributed by atoms with van der Waals surface area (Å²) >= 11 is 3.06. The molecular weight excluding hydrogens is 192 g/mol. The third-order valence-corrected chi connectivity index (χ3v) is 1.57. The highest BCUT2D eigenvalue weighted by Crippen LogP contribution is 2.04. The predicted octanol–water partition coefficient (Wildman–Crippen LogP) is 1.95. The topological polar surface area (TPSA) is 24.9 Å². The van der Waals surface area contributed by atoms with Crippen LogP contribution in [-0.4, -0.2) is 4.98 Å². The van der Waals surface area contributed by atoms with E-state index >= 15 is 0 Å². The lowest BCUT2D eigenvalue weighted by Crippen LogP contribution is -1.96. The maximum Gasteiger partial charge on any atom is 0.0862 e. The molecule has 0 bridgehead atoms. The molecule has 0 amide bonds. The van der Waals surface area contributed by atoms with Gasteiger partial charge in [-0.1, -0.05) is 12.6 Å². The molecule has 1 aromatic heterocycles. The van der Waals surface area contributed by atoms with Crippen molar-refractivity contribution < 1.29 is 0 Å². The number of aromatic nitrogens is 1. The first-order valence-electron chi connectivity index (χ1n) is 2.81. The summed E-state index contributed by atoms with van der Waals surface area (Å²) in [6.45, 7) is 3.72. The standard InChI is InChI=1S/C7H7BrN2/c1-6(10-8)7-4-2-3-5-9-7/h2-5,10H,1H2. The summed E-state index contributed by atoms with van der Waals surface area (Å²) in [6.07, 6.45) is 1.73. The largest absolute Gasteiger partial charge is 0.321 e. The molecule has 0 aliphatic carbocycles. The highest BCUT2D eigenvalue weighted by molar-refractivity contribution is 9.08. The summed E-state index contributed by atoms with van der Waals surface area (Å²) in [5.41, 5.74) is 1.61. The molecule has 1 aromatic rings. The summed E-state index contributed by atoms with van der Waals surface area (Å²) in [5.74, 6) is 0. The lowest BCUT2D eigenvalue weighted by Gasteiger charge is -1.99. The van der Waals surface area contributed by atoms with Crippen LogP contribution in [-0.2, 0) is 0 Å². The van der Waals surface area contributed by atoms with Crippen molar-refractivity contribution >= 4 is 21.8 Å². The van der Waals surface area contributed by atoms with Crippen LogP contribution < -0.4 is 4.34 Å². The fourth-order valence-electron chi connectivity index (χ4n) is 0.590. The van der Waals surface area contributed by atoms with Crippen LogP contribution in [0.15, 0.2) is 31.0 Å². The molecule has 0 saturated carbocycles. The molecule has 0 aliphatic rings. The zero-order chi connectivity index (χ0) is 7.40. The zero-order valence-electron chi connectivity index (χ0n) is 5.34. The first-order chi connectivity index (χ1) is 4.84. The average molecular weight is 199 g/mol. The first-order valence-corrected chi connectivity index (χ1v) is 3.61. The number of nitrogens with one attached hydrogen (secondary N) is 1. The molecule has 0 unspecified atom stereocenters. The minimum atomic E-state index is 0.764. The van der Waals surface area contributed by atoms with Gasteiger partial charge in [0, 0.05) is 22.3 Å². The van der Waals surface area contributed by atoms with Crippen molar-refractivity contribution in [3.05, 3.63) is 36.7 Å². The molecule has 0 aromatic carbocycles. The molecule has 0 radical (unpaired) electrons. The van der Waals surface area contributed by atoms with Crippen LogP contribution in [0, 0.1) is 0 Å². The second-order valence-electron chi connectivity index (χ2n) is 1.79. The molecule has 10 heavy (non-hydrogen) atoms. The normalized spacial score (nSPS) is 8.90. The lowest BCUT2D eigenvalue weighted by atomic mass is 10.3. The number of hydrogen-bond donors (Lipinski definition) is 1. The Morgan fingerprint density at radius 3 is 2.90 bits per heavy atom. The Morgan fingerprint density at radius 1 is 1.60 bits per heavy atom. The van der Waals surface area contributed by atoms with Gasteiger partial charge in [0.25, 0.3) is 0 Å². The molecule has 0 saturated heterocycles. The molecule has 2 nitrogen and oxygen atoms in total. The molecule has 1 rings (SSSR count). The Kier molecular flexibility index (Phi) is 2.45. The Balaban J connectivity index is 2.85. The van der Waals surface area contributed by atoms with Crippen molar-refractivity contribution in [2.24, 2.45) is 0 Å². The van der Waals surface area contributed by atoms with Crippen molar-refractivity contribution in [3.8, 4) is 0 Å². The van der Waals surface area contributed by atoms with Crippen LogP contribution in [0.2, 0.25) is 0 Å². The van der Waals surface area contributed by atoms with Crippen molar-refractivity contribution in [1.82, 2.24) is 9.33 Å². The smallest absolute Gasteiger partial charge is 0.0862 e. The van der Waals surface area contributed by atoms with Gasteiger partial charge in [-0.25, -0.2) is 0 Å². The van der Waals surface area contributed by atoms with Gasteiger partial charge in [-0.15, -0.1) is 0 Å². The third-order valence-electron chi connectivity index (χ3n) is 1.09. The van der Waals surface area contributed by atoms with Crippen LogP contribution in [0.1, 0.15) is 5.69 Å². The van der Waals surface area contributed by atoms with Gasteiger partial charge in [-0.05, 0) is 12.1 Å². The second-order valence-corrected chi connectivity index (χ2v) is 2.18. The van der Waals surface area contributed by atoms with E-state index in [0.29, 0.717) is 0 Å². The molecule has 1 N–H and O–H groups in total. The molecule has 0 atom stereocenters. The van der Waals surface area contributed by atoms with E-state index in [0.717, 1.165) is 11.4 Å². The maximum absolute atomic E-state index is 4.06. The van der Waals surface area contributed by atoms with E-state index in [4.69, 9.17) is 0 Å². The minimum absolute atomic E-state index is 0.764. The van der Waals surface area contributed by atoms with E-state index in [1.54, 1.807) is 6.20 Å². The molecule has 0 spiro atoms. The number of pyridine rings is 1. The molecule has 1 heterocycles. The fraction of sp³-hybridized carbons (Fsp3) is 0. The molecule has 0 fully saturated rings. The quantitative estimate of drug-likeness (QED) is 0.736. The molecule has 0 aliphatic heterocycles. The average Bonchev–Trinajstić information content (AvgIpc) is 2.05. The van der Waals surface area contributed by atoms with Gasteiger partial charge in [-0.3, -0.25) is 4.98 Å². The van der Waals surface area contributed by atoms with Gasteiger partial charge >= 0.3 is 0 Å². The van der Waals surface area contributed by atoms with Gasteiger partial charge in [-0.2, -0.15) is 0 Å². The SMILES string of the molecule is C=C(NBr)c1ccccn1. The van der Waals surface area contributed by atoms with Crippen molar-refractivity contribution in [2.45, 2.75) is 0 Å². The van der Waals surface area contributed by atoms with Crippen LogP contribution in [0.5, 0.6) is 0 Å². The Labute approximate surface area is 68.3 Å². The van der Waals surface area contributed by atoms with E-state index in [1.165, 1.54) is 0 Å². The van der Waals surface area contributed by atoms with E-state index in [1.807, 2.05) is 18.2 Å². The van der Waals surface area contributed by atoms with Gasteiger partial charge in [0.2, 0.25) is 0 Å². The van der Waals surface area contributed by atoms with Crippen LogP contribution in [0.4, 0.5) is 0 Å². The Morgan fingerprint density at radius 2 is 2.40 bits per heavy atom. The minimum Gasteiger partial charge on any atom is -0.321 e. The number of hydrogen-bond acceptors (Lipinski definition) is 2. The summed E-state index contributed by atoms with van der Waals surface area (Å²) < 4.78 is 2.74. The van der Waals surface area contributed by atoms with Crippen molar-refractivity contribution in [3.63, 3.8) is 0 Å². The van der Waals surface area contributed by atoms with E-state index < -0.39 is 0 Å². The first kappa shape index (κ1) is 7.28. The zero-order valence-corrected chi connectivity index (χ0v) is 6.93. The molecular formula is C7H7BrN2. The van der Waals surface area contributed by atoms with E-state index in [2.05, 4.69) is 32.1 Å². The number of nitrogens with zero attached hydrogens (tertiary/aromatic N) is 1. The summed E-state index contributed by atoms with van der Waals surface area (Å²) in [6, 6.07) is 5.67. The second kappa shape index (κ2) is 3.37. The highest BCUT2D eigenvalue weighted by Gasteiger charge is 1.93. The predicted molar refractivity (Wildman–Crippen MR) is 45.3 cm³/mol. The van der Waals surface area contributed by atoms with E-state index in [9.17, 15) is 0 Å². The number of halogens is 1. The molecule has 3 heteroatoms. The summed E-state index contributed by atoms with van der Waals surface area (Å²) in [5, 5.41) is 0. The Hall–Kier alpha value is -0.830. The van der Waals surface area contributed by atoms with Gasteiger partial charge < -0.3 is 4.34 Å². The van der Waals surface area contributed by atoms with Gasteiger partial charge in [0.15, 0.2) is 0 Å². The highest BCUT2D eigenvalue weighted by atomic mass is 79.9. The van der Waals surface area contributed by atoms with Crippen LogP contribution >= 0.6 is 16.1 Å². The Bertz CT molecular complexity index is 220.